The molecule has 21 heavy (non-hydrogen) atoms. The highest BCUT2D eigenvalue weighted by Gasteiger charge is 2.14. The fraction of sp³-hybridized carbons (Fsp3) is 0.438. The van der Waals surface area contributed by atoms with E-state index in [2.05, 4.69) is 57.9 Å². The van der Waals surface area contributed by atoms with Crippen molar-refractivity contribution < 1.29 is 0 Å². The fourth-order valence-corrected chi connectivity index (χ4v) is 3.23. The molecule has 0 aliphatic rings. The van der Waals surface area contributed by atoms with E-state index in [1.54, 1.807) is 0 Å². The van der Waals surface area contributed by atoms with E-state index in [-0.39, 0.29) is 6.04 Å². The van der Waals surface area contributed by atoms with E-state index in [1.165, 1.54) is 11.3 Å². The number of nitrogens with one attached hydrogen (secondary N) is 1. The molecule has 0 aliphatic heterocycles. The zero-order chi connectivity index (χ0) is 15.4. The number of hydrogen-bond acceptors (Lipinski definition) is 2. The van der Waals surface area contributed by atoms with Crippen LogP contribution in [0.25, 0.3) is 0 Å². The van der Waals surface area contributed by atoms with Gasteiger partial charge >= 0.3 is 0 Å². The van der Waals surface area contributed by atoms with Gasteiger partial charge in [-0.05, 0) is 53.9 Å². The molecular formula is C16H21BrClN3. The summed E-state index contributed by atoms with van der Waals surface area (Å²) in [6.07, 6.45) is 0.935. The standard InChI is InChI=1S/C16H21BrClN3/c1-4-14-16(17)15(21(5-2)20-14)10-19-11(3)12-7-6-8-13(18)9-12/h6-9,11,19H,4-5,10H2,1-3H3. The summed E-state index contributed by atoms with van der Waals surface area (Å²) in [5, 5.41) is 8.94. The zero-order valence-electron chi connectivity index (χ0n) is 12.7. The number of halogens is 2. The van der Waals surface area contributed by atoms with Crippen molar-refractivity contribution in [3.63, 3.8) is 0 Å². The Balaban J connectivity index is 2.11. The van der Waals surface area contributed by atoms with Gasteiger partial charge in [-0.15, -0.1) is 0 Å². The Morgan fingerprint density at radius 3 is 2.76 bits per heavy atom. The molecule has 0 saturated heterocycles. The van der Waals surface area contributed by atoms with Gasteiger partial charge in [0.1, 0.15) is 0 Å². The molecule has 0 radical (unpaired) electrons. The van der Waals surface area contributed by atoms with Gasteiger partial charge in [0.25, 0.3) is 0 Å². The summed E-state index contributed by atoms with van der Waals surface area (Å²) in [6, 6.07) is 8.21. The minimum absolute atomic E-state index is 0.237. The molecule has 1 heterocycles. The maximum Gasteiger partial charge on any atom is 0.0767 e. The SMILES string of the molecule is CCc1nn(CC)c(CNC(C)c2cccc(Cl)c2)c1Br. The number of aromatic nitrogens is 2. The lowest BCUT2D eigenvalue weighted by Gasteiger charge is -2.15. The number of aryl methyl sites for hydroxylation is 2. The predicted octanol–water partition coefficient (Wildman–Crippen LogP) is 4.73. The average Bonchev–Trinajstić information content (AvgIpc) is 2.80. The van der Waals surface area contributed by atoms with Gasteiger partial charge in [-0.2, -0.15) is 5.10 Å². The van der Waals surface area contributed by atoms with Gasteiger partial charge < -0.3 is 5.32 Å². The first-order valence-electron chi connectivity index (χ1n) is 7.29. The molecule has 1 atom stereocenters. The third-order valence-electron chi connectivity index (χ3n) is 3.62. The van der Waals surface area contributed by atoms with Crippen LogP contribution in [0.5, 0.6) is 0 Å². The van der Waals surface area contributed by atoms with E-state index >= 15 is 0 Å². The van der Waals surface area contributed by atoms with Crippen molar-refractivity contribution in [3.05, 3.63) is 50.7 Å². The monoisotopic (exact) mass is 369 g/mol. The van der Waals surface area contributed by atoms with Gasteiger partial charge in [0, 0.05) is 24.2 Å². The molecule has 0 aliphatic carbocycles. The number of benzene rings is 1. The van der Waals surface area contributed by atoms with Crippen molar-refractivity contribution in [1.29, 1.82) is 0 Å². The van der Waals surface area contributed by atoms with Crippen LogP contribution in [0.4, 0.5) is 0 Å². The first kappa shape index (κ1) is 16.5. The summed E-state index contributed by atoms with van der Waals surface area (Å²) in [4.78, 5) is 0. The Hall–Kier alpha value is -0.840. The minimum Gasteiger partial charge on any atom is -0.305 e. The minimum atomic E-state index is 0.237. The molecule has 1 aromatic carbocycles. The van der Waals surface area contributed by atoms with E-state index in [0.29, 0.717) is 0 Å². The lowest BCUT2D eigenvalue weighted by atomic mass is 10.1. The normalized spacial score (nSPS) is 12.6. The van der Waals surface area contributed by atoms with Crippen LogP contribution < -0.4 is 5.32 Å². The molecule has 0 bridgehead atoms. The number of nitrogens with zero attached hydrogens (tertiary/aromatic N) is 2. The molecule has 0 fully saturated rings. The highest BCUT2D eigenvalue weighted by molar-refractivity contribution is 9.10. The summed E-state index contributed by atoms with van der Waals surface area (Å²) in [5.41, 5.74) is 3.50. The predicted molar refractivity (Wildman–Crippen MR) is 91.7 cm³/mol. The largest absolute Gasteiger partial charge is 0.305 e. The van der Waals surface area contributed by atoms with Crippen LogP contribution in [0.1, 0.15) is 43.8 Å². The van der Waals surface area contributed by atoms with Crippen molar-refractivity contribution in [1.82, 2.24) is 15.1 Å². The van der Waals surface area contributed by atoms with Crippen LogP contribution >= 0.6 is 27.5 Å². The molecule has 1 aromatic heterocycles. The molecule has 3 nitrogen and oxygen atoms in total. The van der Waals surface area contributed by atoms with Crippen LogP contribution in [0, 0.1) is 0 Å². The first-order chi connectivity index (χ1) is 10.1. The molecule has 0 spiro atoms. The third kappa shape index (κ3) is 3.87. The van der Waals surface area contributed by atoms with Crippen LogP contribution in [-0.2, 0) is 19.5 Å². The molecule has 1 N–H and O–H groups in total. The molecule has 1 unspecified atom stereocenters. The summed E-state index contributed by atoms with van der Waals surface area (Å²) >= 11 is 9.73. The van der Waals surface area contributed by atoms with Crippen molar-refractivity contribution in [2.45, 2.75) is 46.3 Å². The third-order valence-corrected chi connectivity index (χ3v) is 4.77. The number of rotatable bonds is 6. The highest BCUT2D eigenvalue weighted by Crippen LogP contribution is 2.23. The van der Waals surface area contributed by atoms with Crippen molar-refractivity contribution >= 4 is 27.5 Å². The van der Waals surface area contributed by atoms with Crippen LogP contribution in [-0.4, -0.2) is 9.78 Å². The van der Waals surface area contributed by atoms with Crippen molar-refractivity contribution in [3.8, 4) is 0 Å². The van der Waals surface area contributed by atoms with Gasteiger partial charge in [0.15, 0.2) is 0 Å². The summed E-state index contributed by atoms with van der Waals surface area (Å²) in [5.74, 6) is 0. The molecule has 2 rings (SSSR count). The first-order valence-corrected chi connectivity index (χ1v) is 8.46. The van der Waals surface area contributed by atoms with Gasteiger partial charge in [-0.25, -0.2) is 0 Å². The summed E-state index contributed by atoms with van der Waals surface area (Å²) < 4.78 is 3.18. The van der Waals surface area contributed by atoms with Crippen LogP contribution in [0.15, 0.2) is 28.7 Å². The molecular weight excluding hydrogens is 350 g/mol. The molecule has 5 heteroatoms. The zero-order valence-corrected chi connectivity index (χ0v) is 15.0. The van der Waals surface area contributed by atoms with E-state index < -0.39 is 0 Å². The summed E-state index contributed by atoms with van der Waals surface area (Å²) in [6.45, 7) is 8.03. The van der Waals surface area contributed by atoms with Crippen LogP contribution in [0.2, 0.25) is 5.02 Å². The maximum atomic E-state index is 6.05. The van der Waals surface area contributed by atoms with Gasteiger partial charge in [0.2, 0.25) is 0 Å². The Bertz CT molecular complexity index is 610. The second-order valence-corrected chi connectivity index (χ2v) is 6.26. The molecule has 0 saturated carbocycles. The molecule has 114 valence electrons. The second kappa shape index (κ2) is 7.43. The topological polar surface area (TPSA) is 29.9 Å². The highest BCUT2D eigenvalue weighted by atomic mass is 79.9. The smallest absolute Gasteiger partial charge is 0.0767 e. The Morgan fingerprint density at radius 1 is 1.38 bits per heavy atom. The van der Waals surface area contributed by atoms with Crippen LogP contribution in [0.3, 0.4) is 0 Å². The van der Waals surface area contributed by atoms with Gasteiger partial charge in [0.05, 0.1) is 15.9 Å². The lowest BCUT2D eigenvalue weighted by Crippen LogP contribution is -2.20. The lowest BCUT2D eigenvalue weighted by molar-refractivity contribution is 0.529. The van der Waals surface area contributed by atoms with Crippen molar-refractivity contribution in [2.75, 3.05) is 0 Å². The molecule has 2 aromatic rings. The average molecular weight is 371 g/mol. The fourth-order valence-electron chi connectivity index (χ4n) is 2.33. The van der Waals surface area contributed by atoms with Crippen molar-refractivity contribution in [2.24, 2.45) is 0 Å². The Kier molecular flexibility index (Phi) is 5.85. The summed E-state index contributed by atoms with van der Waals surface area (Å²) in [7, 11) is 0. The Labute approximate surface area is 139 Å². The maximum absolute atomic E-state index is 6.05. The van der Waals surface area contributed by atoms with E-state index in [9.17, 15) is 0 Å². The quantitative estimate of drug-likeness (QED) is 0.796. The van der Waals surface area contributed by atoms with E-state index in [4.69, 9.17) is 11.6 Å². The second-order valence-electron chi connectivity index (χ2n) is 5.03. The molecule has 0 amide bonds. The van der Waals surface area contributed by atoms with Gasteiger partial charge in [-0.1, -0.05) is 30.7 Å². The Morgan fingerprint density at radius 2 is 2.14 bits per heavy atom. The number of hydrogen-bond donors (Lipinski definition) is 1. The van der Waals surface area contributed by atoms with Gasteiger partial charge in [-0.3, -0.25) is 4.68 Å². The van der Waals surface area contributed by atoms with E-state index in [1.807, 2.05) is 18.2 Å². The van der Waals surface area contributed by atoms with E-state index in [0.717, 1.165) is 34.7 Å².